The third-order valence-electron chi connectivity index (χ3n) is 2.43. The van der Waals surface area contributed by atoms with Gasteiger partial charge in [-0.05, 0) is 19.1 Å². The average Bonchev–Trinajstić information content (AvgIpc) is 2.26. The summed E-state index contributed by atoms with van der Waals surface area (Å²) in [6, 6.07) is 6.29. The summed E-state index contributed by atoms with van der Waals surface area (Å²) >= 11 is 0. The summed E-state index contributed by atoms with van der Waals surface area (Å²) < 4.78 is 23.8. The number of hydrogen-bond donors (Lipinski definition) is 2. The van der Waals surface area contributed by atoms with E-state index in [1.807, 2.05) is 6.92 Å². The van der Waals surface area contributed by atoms with Crippen LogP contribution in [-0.2, 0) is 14.6 Å². The third-order valence-corrected chi connectivity index (χ3v) is 4.27. The Labute approximate surface area is 100 Å². The summed E-state index contributed by atoms with van der Waals surface area (Å²) in [6.45, 7) is 1.65. The SMILES string of the molecule is Cc1ccc(S(=O)(=O)CC(CN)C(=O)O)cc1. The van der Waals surface area contributed by atoms with Crippen molar-refractivity contribution in [1.82, 2.24) is 0 Å². The van der Waals surface area contributed by atoms with E-state index in [1.54, 1.807) is 12.1 Å². The highest BCUT2D eigenvalue weighted by molar-refractivity contribution is 7.91. The molecule has 94 valence electrons. The highest BCUT2D eigenvalue weighted by Crippen LogP contribution is 2.15. The molecular formula is C11H15NO4S. The minimum Gasteiger partial charge on any atom is -0.481 e. The molecule has 0 amide bonds. The van der Waals surface area contributed by atoms with Crippen LogP contribution in [0.25, 0.3) is 0 Å². The number of carbonyl (C=O) groups is 1. The predicted octanol–water partition coefficient (Wildman–Crippen LogP) is 0.428. The average molecular weight is 257 g/mol. The van der Waals surface area contributed by atoms with Crippen molar-refractivity contribution in [2.24, 2.45) is 11.7 Å². The molecule has 0 bridgehead atoms. The van der Waals surface area contributed by atoms with E-state index in [0.29, 0.717) is 0 Å². The van der Waals surface area contributed by atoms with Gasteiger partial charge in [0.2, 0.25) is 0 Å². The monoisotopic (exact) mass is 257 g/mol. The molecule has 0 aliphatic heterocycles. The molecule has 0 aliphatic carbocycles. The fourth-order valence-corrected chi connectivity index (χ4v) is 2.90. The quantitative estimate of drug-likeness (QED) is 0.797. The Hall–Kier alpha value is -1.40. The maximum Gasteiger partial charge on any atom is 0.308 e. The van der Waals surface area contributed by atoms with Gasteiger partial charge in [0.25, 0.3) is 0 Å². The summed E-state index contributed by atoms with van der Waals surface area (Å²) in [4.78, 5) is 10.9. The van der Waals surface area contributed by atoms with E-state index in [1.165, 1.54) is 12.1 Å². The van der Waals surface area contributed by atoms with Crippen molar-refractivity contribution < 1.29 is 18.3 Å². The highest BCUT2D eigenvalue weighted by Gasteiger charge is 2.25. The smallest absolute Gasteiger partial charge is 0.308 e. The molecule has 0 heterocycles. The zero-order valence-corrected chi connectivity index (χ0v) is 10.3. The molecule has 1 unspecified atom stereocenters. The molecule has 1 rings (SSSR count). The zero-order chi connectivity index (χ0) is 13.1. The van der Waals surface area contributed by atoms with Crippen molar-refractivity contribution in [2.75, 3.05) is 12.3 Å². The van der Waals surface area contributed by atoms with Gasteiger partial charge < -0.3 is 10.8 Å². The standard InChI is InChI=1S/C11H15NO4S/c1-8-2-4-10(5-3-8)17(15,16)7-9(6-12)11(13)14/h2-5,9H,6-7,12H2,1H3,(H,13,14). The molecule has 3 N–H and O–H groups in total. The number of nitrogens with two attached hydrogens (primary N) is 1. The van der Waals surface area contributed by atoms with Gasteiger partial charge in [-0.1, -0.05) is 17.7 Å². The molecule has 0 saturated heterocycles. The number of benzene rings is 1. The number of carboxylic acid groups (broad SMARTS) is 1. The Bertz CT molecular complexity index is 493. The van der Waals surface area contributed by atoms with Gasteiger partial charge in [-0.2, -0.15) is 0 Å². The van der Waals surface area contributed by atoms with Gasteiger partial charge in [0.15, 0.2) is 9.84 Å². The van der Waals surface area contributed by atoms with Crippen LogP contribution in [0.4, 0.5) is 0 Å². The van der Waals surface area contributed by atoms with E-state index in [-0.39, 0.29) is 11.4 Å². The van der Waals surface area contributed by atoms with Crippen LogP contribution in [0.2, 0.25) is 0 Å². The molecule has 0 spiro atoms. The van der Waals surface area contributed by atoms with Gasteiger partial charge in [0.1, 0.15) is 0 Å². The van der Waals surface area contributed by atoms with Crippen molar-refractivity contribution in [3.05, 3.63) is 29.8 Å². The van der Waals surface area contributed by atoms with E-state index in [2.05, 4.69) is 0 Å². The number of aliphatic carboxylic acids is 1. The molecule has 6 heteroatoms. The normalized spacial score (nSPS) is 13.3. The Balaban J connectivity index is 2.96. The van der Waals surface area contributed by atoms with Gasteiger partial charge in [-0.3, -0.25) is 4.79 Å². The lowest BCUT2D eigenvalue weighted by Crippen LogP contribution is -2.30. The molecule has 17 heavy (non-hydrogen) atoms. The van der Waals surface area contributed by atoms with Gasteiger partial charge >= 0.3 is 5.97 Å². The molecule has 5 nitrogen and oxygen atoms in total. The second-order valence-electron chi connectivity index (χ2n) is 3.87. The van der Waals surface area contributed by atoms with Crippen LogP contribution in [-0.4, -0.2) is 31.8 Å². The summed E-state index contributed by atoms with van der Waals surface area (Å²) in [5.41, 5.74) is 6.18. The van der Waals surface area contributed by atoms with E-state index in [4.69, 9.17) is 10.8 Å². The Morgan fingerprint density at radius 3 is 2.29 bits per heavy atom. The maximum absolute atomic E-state index is 11.9. The Kier molecular flexibility index (Phi) is 4.25. The van der Waals surface area contributed by atoms with Crippen LogP contribution >= 0.6 is 0 Å². The number of rotatable bonds is 5. The fourth-order valence-electron chi connectivity index (χ4n) is 1.35. The number of hydrogen-bond acceptors (Lipinski definition) is 4. The van der Waals surface area contributed by atoms with Crippen LogP contribution in [0.15, 0.2) is 29.2 Å². The lowest BCUT2D eigenvalue weighted by Gasteiger charge is -2.10. The van der Waals surface area contributed by atoms with Crippen molar-refractivity contribution >= 4 is 15.8 Å². The lowest BCUT2D eigenvalue weighted by molar-refractivity contribution is -0.140. The molecule has 1 atom stereocenters. The fraction of sp³-hybridized carbons (Fsp3) is 0.364. The predicted molar refractivity (Wildman–Crippen MR) is 63.4 cm³/mol. The van der Waals surface area contributed by atoms with Crippen LogP contribution in [0.1, 0.15) is 5.56 Å². The molecule has 0 fully saturated rings. The van der Waals surface area contributed by atoms with Gasteiger partial charge in [0.05, 0.1) is 16.6 Å². The maximum atomic E-state index is 11.9. The summed E-state index contributed by atoms with van der Waals surface area (Å²) in [6.07, 6.45) is 0. The van der Waals surface area contributed by atoms with Crippen molar-refractivity contribution in [1.29, 1.82) is 0 Å². The molecule has 0 aliphatic rings. The largest absolute Gasteiger partial charge is 0.481 e. The van der Waals surface area contributed by atoms with Gasteiger partial charge in [-0.25, -0.2) is 8.42 Å². The number of aryl methyl sites for hydroxylation is 1. The van der Waals surface area contributed by atoms with Crippen molar-refractivity contribution in [3.63, 3.8) is 0 Å². The number of sulfone groups is 1. The lowest BCUT2D eigenvalue weighted by atomic mass is 10.2. The number of carboxylic acids is 1. The van der Waals surface area contributed by atoms with E-state index in [0.717, 1.165) is 5.56 Å². The zero-order valence-electron chi connectivity index (χ0n) is 9.46. The highest BCUT2D eigenvalue weighted by atomic mass is 32.2. The van der Waals surface area contributed by atoms with E-state index < -0.39 is 27.5 Å². The topological polar surface area (TPSA) is 97.5 Å². The first-order chi connectivity index (χ1) is 7.86. The summed E-state index contributed by atoms with van der Waals surface area (Å²) in [5, 5.41) is 8.78. The first-order valence-electron chi connectivity index (χ1n) is 5.09. The van der Waals surface area contributed by atoms with Crippen LogP contribution in [0, 0.1) is 12.8 Å². The molecule has 0 aromatic heterocycles. The summed E-state index contributed by atoms with van der Waals surface area (Å²) in [5.74, 6) is -2.73. The second-order valence-corrected chi connectivity index (χ2v) is 5.90. The minimum absolute atomic E-state index is 0.128. The minimum atomic E-state index is -3.59. The van der Waals surface area contributed by atoms with Crippen molar-refractivity contribution in [3.8, 4) is 0 Å². The van der Waals surface area contributed by atoms with Crippen LogP contribution in [0.3, 0.4) is 0 Å². The first kappa shape index (κ1) is 13.7. The van der Waals surface area contributed by atoms with E-state index >= 15 is 0 Å². The molecule has 0 saturated carbocycles. The Morgan fingerprint density at radius 2 is 1.88 bits per heavy atom. The van der Waals surface area contributed by atoms with E-state index in [9.17, 15) is 13.2 Å². The van der Waals surface area contributed by atoms with Crippen LogP contribution < -0.4 is 5.73 Å². The molecular weight excluding hydrogens is 242 g/mol. The second kappa shape index (κ2) is 5.29. The Morgan fingerprint density at radius 1 is 1.35 bits per heavy atom. The third kappa shape index (κ3) is 3.54. The first-order valence-corrected chi connectivity index (χ1v) is 6.74. The molecule has 1 aromatic carbocycles. The molecule has 0 radical (unpaired) electrons. The molecule has 1 aromatic rings. The van der Waals surface area contributed by atoms with Crippen LogP contribution in [0.5, 0.6) is 0 Å². The summed E-state index contributed by atoms with van der Waals surface area (Å²) in [7, 11) is -3.59. The van der Waals surface area contributed by atoms with Crippen molar-refractivity contribution in [2.45, 2.75) is 11.8 Å². The van der Waals surface area contributed by atoms with Gasteiger partial charge in [-0.15, -0.1) is 0 Å². The van der Waals surface area contributed by atoms with Gasteiger partial charge in [0, 0.05) is 6.54 Å².